The highest BCUT2D eigenvalue weighted by atomic mass is 16.6. The second-order valence-corrected chi connectivity index (χ2v) is 4.12. The van der Waals surface area contributed by atoms with E-state index in [-0.39, 0.29) is 18.0 Å². The maximum absolute atomic E-state index is 11.2. The van der Waals surface area contributed by atoms with Crippen molar-refractivity contribution in [3.8, 4) is 0 Å². The van der Waals surface area contributed by atoms with Crippen molar-refractivity contribution >= 4 is 5.78 Å². The van der Waals surface area contributed by atoms with Gasteiger partial charge in [0.05, 0.1) is 6.10 Å². The van der Waals surface area contributed by atoms with Gasteiger partial charge in [-0.05, 0) is 6.42 Å². The maximum atomic E-state index is 11.2. The van der Waals surface area contributed by atoms with Gasteiger partial charge in [-0.3, -0.25) is 4.79 Å². The highest BCUT2D eigenvalue weighted by Crippen LogP contribution is 2.28. The minimum Gasteiger partial charge on any atom is -0.361 e. The van der Waals surface area contributed by atoms with E-state index in [0.29, 0.717) is 6.42 Å². The Balaban J connectivity index is 1.93. The van der Waals surface area contributed by atoms with E-state index in [1.54, 1.807) is 0 Å². The maximum Gasteiger partial charge on any atom is 0.163 e. The summed E-state index contributed by atoms with van der Waals surface area (Å²) < 4.78 is 5.33. The van der Waals surface area contributed by atoms with Crippen LogP contribution in [0.3, 0.4) is 0 Å². The quantitative estimate of drug-likeness (QED) is 0.443. The van der Waals surface area contributed by atoms with Crippen LogP contribution in [0.1, 0.15) is 58.8 Å². The third kappa shape index (κ3) is 3.79. The Hall–Kier alpha value is -0.370. The van der Waals surface area contributed by atoms with Crippen molar-refractivity contribution in [2.45, 2.75) is 71.0 Å². The van der Waals surface area contributed by atoms with Gasteiger partial charge in [-0.2, -0.15) is 0 Å². The summed E-state index contributed by atoms with van der Waals surface area (Å²) in [6.45, 7) is 4.13. The number of ketones is 1. The van der Waals surface area contributed by atoms with E-state index in [0.717, 1.165) is 6.42 Å². The van der Waals surface area contributed by atoms with Crippen molar-refractivity contribution in [2.75, 3.05) is 0 Å². The van der Waals surface area contributed by atoms with E-state index in [1.807, 2.05) is 6.92 Å². The second kappa shape index (κ2) is 6.18. The molecule has 82 valence electrons. The van der Waals surface area contributed by atoms with Crippen LogP contribution in [0.2, 0.25) is 0 Å². The van der Waals surface area contributed by atoms with Gasteiger partial charge in [0, 0.05) is 6.42 Å². The average Bonchev–Trinajstić information content (AvgIpc) is 2.96. The molecule has 0 aromatic rings. The largest absolute Gasteiger partial charge is 0.361 e. The van der Waals surface area contributed by atoms with E-state index >= 15 is 0 Å². The highest BCUT2D eigenvalue weighted by Gasteiger charge is 2.42. The number of unbranched alkanes of at least 4 members (excludes halogenated alkanes) is 4. The van der Waals surface area contributed by atoms with Gasteiger partial charge in [0.2, 0.25) is 0 Å². The van der Waals surface area contributed by atoms with Gasteiger partial charge in [-0.25, -0.2) is 0 Å². The summed E-state index contributed by atoms with van der Waals surface area (Å²) in [5, 5.41) is 0. The predicted octanol–water partition coefficient (Wildman–Crippen LogP) is 3.09. The minimum absolute atomic E-state index is 0.0359. The van der Waals surface area contributed by atoms with Crippen LogP contribution in [0.4, 0.5) is 0 Å². The number of carbonyl (C=O) groups is 1. The van der Waals surface area contributed by atoms with Crippen molar-refractivity contribution in [3.05, 3.63) is 0 Å². The third-order valence-corrected chi connectivity index (χ3v) is 2.84. The molecule has 2 atom stereocenters. The van der Waals surface area contributed by atoms with Crippen LogP contribution in [0.5, 0.6) is 0 Å². The molecule has 14 heavy (non-hydrogen) atoms. The summed E-state index contributed by atoms with van der Waals surface area (Å²) in [4.78, 5) is 11.2. The number of epoxide rings is 1. The third-order valence-electron chi connectivity index (χ3n) is 2.84. The average molecular weight is 198 g/mol. The molecule has 0 amide bonds. The number of rotatable bonds is 8. The van der Waals surface area contributed by atoms with E-state index in [1.165, 1.54) is 32.1 Å². The summed E-state index contributed by atoms with van der Waals surface area (Å²) in [7, 11) is 0. The van der Waals surface area contributed by atoms with Crippen LogP contribution in [0, 0.1) is 0 Å². The van der Waals surface area contributed by atoms with Crippen LogP contribution in [0.15, 0.2) is 0 Å². The molecule has 1 aliphatic rings. The number of Topliss-reactive ketones (excluding diaryl/α,β-unsaturated/α-hetero) is 1. The summed E-state index contributed by atoms with van der Waals surface area (Å²) in [5.41, 5.74) is 0. The SMILES string of the molecule is CCCCCCC[C@H]1O[C@@H]1C(=O)CC. The van der Waals surface area contributed by atoms with Crippen molar-refractivity contribution in [2.24, 2.45) is 0 Å². The molecular weight excluding hydrogens is 176 g/mol. The molecule has 2 heteroatoms. The Kier molecular flexibility index (Phi) is 5.16. The molecular formula is C12H22O2. The first kappa shape index (κ1) is 11.7. The fraction of sp³-hybridized carbons (Fsp3) is 0.917. The molecule has 0 N–H and O–H groups in total. The molecule has 1 aliphatic heterocycles. The Morgan fingerprint density at radius 2 is 1.86 bits per heavy atom. The zero-order chi connectivity index (χ0) is 10.4. The molecule has 0 unspecified atom stereocenters. The summed E-state index contributed by atoms with van der Waals surface area (Å²) in [6, 6.07) is 0. The van der Waals surface area contributed by atoms with Crippen molar-refractivity contribution in [1.82, 2.24) is 0 Å². The van der Waals surface area contributed by atoms with Crippen molar-refractivity contribution in [1.29, 1.82) is 0 Å². The van der Waals surface area contributed by atoms with Crippen LogP contribution in [-0.2, 0) is 9.53 Å². The van der Waals surface area contributed by atoms with E-state index < -0.39 is 0 Å². The Bertz CT molecular complexity index is 177. The van der Waals surface area contributed by atoms with Gasteiger partial charge in [-0.1, -0.05) is 46.0 Å². The number of hydrogen-bond acceptors (Lipinski definition) is 2. The standard InChI is InChI=1S/C12H22O2/c1-3-5-6-7-8-9-11-12(14-11)10(13)4-2/h11-12H,3-9H2,1-2H3/t11-,12-/m1/s1. The molecule has 1 fully saturated rings. The minimum atomic E-state index is -0.0359. The molecule has 1 heterocycles. The first-order chi connectivity index (χ1) is 6.79. The van der Waals surface area contributed by atoms with Gasteiger partial charge in [0.15, 0.2) is 5.78 Å². The van der Waals surface area contributed by atoms with Crippen LogP contribution in [0.25, 0.3) is 0 Å². The molecule has 1 rings (SSSR count). The molecule has 1 saturated heterocycles. The zero-order valence-electron chi connectivity index (χ0n) is 9.42. The lowest BCUT2D eigenvalue weighted by Crippen LogP contribution is -2.07. The van der Waals surface area contributed by atoms with Crippen molar-refractivity contribution in [3.63, 3.8) is 0 Å². The van der Waals surface area contributed by atoms with E-state index in [4.69, 9.17) is 4.74 Å². The van der Waals surface area contributed by atoms with Crippen molar-refractivity contribution < 1.29 is 9.53 Å². The van der Waals surface area contributed by atoms with Gasteiger partial charge in [0.1, 0.15) is 6.10 Å². The number of hydrogen-bond donors (Lipinski definition) is 0. The van der Waals surface area contributed by atoms with Gasteiger partial charge in [0.25, 0.3) is 0 Å². The molecule has 0 aromatic carbocycles. The smallest absolute Gasteiger partial charge is 0.163 e. The lowest BCUT2D eigenvalue weighted by atomic mass is 10.1. The predicted molar refractivity (Wildman–Crippen MR) is 57.3 cm³/mol. The van der Waals surface area contributed by atoms with E-state index in [2.05, 4.69) is 6.92 Å². The lowest BCUT2D eigenvalue weighted by molar-refractivity contribution is -0.119. The van der Waals surface area contributed by atoms with Gasteiger partial charge < -0.3 is 4.74 Å². The van der Waals surface area contributed by atoms with Gasteiger partial charge in [-0.15, -0.1) is 0 Å². The Morgan fingerprint density at radius 3 is 2.50 bits per heavy atom. The summed E-state index contributed by atoms with van der Waals surface area (Å²) >= 11 is 0. The Labute approximate surface area is 87.0 Å². The fourth-order valence-corrected chi connectivity index (χ4v) is 1.80. The molecule has 0 radical (unpaired) electrons. The molecule has 0 spiro atoms. The summed E-state index contributed by atoms with van der Waals surface area (Å²) in [6.07, 6.45) is 8.40. The summed E-state index contributed by atoms with van der Waals surface area (Å²) in [5.74, 6) is 0.281. The first-order valence-corrected chi connectivity index (χ1v) is 5.97. The van der Waals surface area contributed by atoms with Crippen LogP contribution >= 0.6 is 0 Å². The molecule has 0 bridgehead atoms. The van der Waals surface area contributed by atoms with Crippen LogP contribution in [-0.4, -0.2) is 18.0 Å². The van der Waals surface area contributed by atoms with Crippen LogP contribution < -0.4 is 0 Å². The zero-order valence-corrected chi connectivity index (χ0v) is 9.42. The highest BCUT2D eigenvalue weighted by molar-refractivity contribution is 5.85. The normalized spacial score (nSPS) is 25.0. The topological polar surface area (TPSA) is 29.6 Å². The fourth-order valence-electron chi connectivity index (χ4n) is 1.80. The second-order valence-electron chi connectivity index (χ2n) is 4.12. The first-order valence-electron chi connectivity index (χ1n) is 5.97. The molecule has 0 aliphatic carbocycles. The number of ether oxygens (including phenoxy) is 1. The molecule has 0 saturated carbocycles. The molecule has 0 aromatic heterocycles. The monoisotopic (exact) mass is 198 g/mol. The van der Waals surface area contributed by atoms with Gasteiger partial charge >= 0.3 is 0 Å². The lowest BCUT2D eigenvalue weighted by Gasteiger charge is -1.97. The molecule has 2 nitrogen and oxygen atoms in total. The number of carbonyl (C=O) groups excluding carboxylic acids is 1. The Morgan fingerprint density at radius 1 is 1.14 bits per heavy atom. The van der Waals surface area contributed by atoms with E-state index in [9.17, 15) is 4.79 Å².